The van der Waals surface area contributed by atoms with Gasteiger partial charge in [0, 0.05) is 24.2 Å². The summed E-state index contributed by atoms with van der Waals surface area (Å²) in [6.45, 7) is 4.30. The number of halogens is 1. The third-order valence-corrected chi connectivity index (χ3v) is 6.45. The van der Waals surface area contributed by atoms with E-state index in [9.17, 15) is 9.18 Å². The molecule has 0 fully saturated rings. The Balaban J connectivity index is 1.31. The molecule has 2 heterocycles. The summed E-state index contributed by atoms with van der Waals surface area (Å²) in [4.78, 5) is 19.5. The van der Waals surface area contributed by atoms with Crippen molar-refractivity contribution in [2.75, 3.05) is 12.1 Å². The van der Waals surface area contributed by atoms with E-state index in [-0.39, 0.29) is 18.5 Å². The standard InChI is InChI=1S/C27H24FN3O3S/c1-18-2-4-19(5-3-18)13-31(14-20-6-11-24-25(12-20)34-17-33-24)15-26-30-23(16-35-26)27(32)29-22-9-7-21(28)8-10-22/h2-12,16H,13-15,17H2,1H3,(H,29,32). The first-order valence-corrected chi connectivity index (χ1v) is 12.1. The highest BCUT2D eigenvalue weighted by molar-refractivity contribution is 7.09. The number of nitrogens with zero attached hydrogens (tertiary/aromatic N) is 2. The number of hydrogen-bond donors (Lipinski definition) is 1. The molecule has 178 valence electrons. The predicted molar refractivity (Wildman–Crippen MR) is 133 cm³/mol. The molecule has 0 spiro atoms. The summed E-state index contributed by atoms with van der Waals surface area (Å²) in [5.74, 6) is 0.845. The molecular formula is C27H24FN3O3S. The molecule has 35 heavy (non-hydrogen) atoms. The van der Waals surface area contributed by atoms with Crippen LogP contribution >= 0.6 is 11.3 Å². The summed E-state index contributed by atoms with van der Waals surface area (Å²) in [7, 11) is 0. The first kappa shape index (κ1) is 23.0. The Morgan fingerprint density at radius 3 is 2.49 bits per heavy atom. The minimum atomic E-state index is -0.352. The second kappa shape index (κ2) is 10.2. The maximum atomic E-state index is 13.1. The van der Waals surface area contributed by atoms with Crippen LogP contribution in [-0.2, 0) is 19.6 Å². The highest BCUT2D eigenvalue weighted by atomic mass is 32.1. The fourth-order valence-electron chi connectivity index (χ4n) is 3.82. The van der Waals surface area contributed by atoms with E-state index in [1.807, 2.05) is 18.2 Å². The number of aryl methyl sites for hydroxylation is 1. The van der Waals surface area contributed by atoms with E-state index < -0.39 is 0 Å². The average Bonchev–Trinajstić information content (AvgIpc) is 3.51. The molecule has 1 aromatic heterocycles. The zero-order valence-corrected chi connectivity index (χ0v) is 20.0. The summed E-state index contributed by atoms with van der Waals surface area (Å²) in [6.07, 6.45) is 0. The van der Waals surface area contributed by atoms with Crippen molar-refractivity contribution in [2.24, 2.45) is 0 Å². The van der Waals surface area contributed by atoms with E-state index >= 15 is 0 Å². The zero-order chi connectivity index (χ0) is 24.2. The quantitative estimate of drug-likeness (QED) is 0.340. The average molecular weight is 490 g/mol. The van der Waals surface area contributed by atoms with Crippen molar-refractivity contribution >= 4 is 22.9 Å². The van der Waals surface area contributed by atoms with E-state index in [1.165, 1.54) is 46.7 Å². The van der Waals surface area contributed by atoms with Gasteiger partial charge in [-0.15, -0.1) is 11.3 Å². The first-order chi connectivity index (χ1) is 17.0. The van der Waals surface area contributed by atoms with Crippen LogP contribution in [0.1, 0.15) is 32.2 Å². The summed E-state index contributed by atoms with van der Waals surface area (Å²) in [5, 5.41) is 5.34. The van der Waals surface area contributed by atoms with Crippen molar-refractivity contribution in [1.29, 1.82) is 0 Å². The van der Waals surface area contributed by atoms with Crippen LogP contribution in [0.5, 0.6) is 11.5 Å². The third-order valence-electron chi connectivity index (χ3n) is 5.62. The van der Waals surface area contributed by atoms with Crippen LogP contribution < -0.4 is 14.8 Å². The van der Waals surface area contributed by atoms with Crippen LogP contribution in [-0.4, -0.2) is 22.6 Å². The monoisotopic (exact) mass is 489 g/mol. The number of aromatic nitrogens is 1. The molecule has 1 aliphatic rings. The fraction of sp³-hybridized carbons (Fsp3) is 0.185. The molecular weight excluding hydrogens is 465 g/mol. The molecule has 6 nitrogen and oxygen atoms in total. The molecule has 5 rings (SSSR count). The number of thiazole rings is 1. The van der Waals surface area contributed by atoms with Gasteiger partial charge in [-0.25, -0.2) is 9.37 Å². The molecule has 0 saturated carbocycles. The summed E-state index contributed by atoms with van der Waals surface area (Å²) < 4.78 is 24.1. The van der Waals surface area contributed by atoms with E-state index in [1.54, 1.807) is 5.38 Å². The number of benzene rings is 3. The van der Waals surface area contributed by atoms with Gasteiger partial charge in [-0.05, 0) is 54.4 Å². The van der Waals surface area contributed by atoms with Gasteiger partial charge in [-0.2, -0.15) is 0 Å². The van der Waals surface area contributed by atoms with Crippen LogP contribution in [0.15, 0.2) is 72.1 Å². The van der Waals surface area contributed by atoms with Crippen molar-refractivity contribution in [3.8, 4) is 11.5 Å². The summed E-state index contributed by atoms with van der Waals surface area (Å²) >= 11 is 1.44. The minimum absolute atomic E-state index is 0.244. The maximum absolute atomic E-state index is 13.1. The summed E-state index contributed by atoms with van der Waals surface area (Å²) in [5.41, 5.74) is 4.38. The number of anilines is 1. The number of nitrogens with one attached hydrogen (secondary N) is 1. The molecule has 1 aliphatic heterocycles. The number of carbonyl (C=O) groups excluding carboxylic acids is 1. The van der Waals surface area contributed by atoms with Gasteiger partial charge in [0.05, 0.1) is 6.54 Å². The van der Waals surface area contributed by atoms with Crippen LogP contribution in [0.4, 0.5) is 10.1 Å². The number of ether oxygens (including phenoxy) is 2. The normalized spacial score (nSPS) is 12.2. The molecule has 0 saturated heterocycles. The van der Waals surface area contributed by atoms with E-state index in [0.717, 1.165) is 28.6 Å². The zero-order valence-electron chi connectivity index (χ0n) is 19.2. The Hall–Kier alpha value is -3.75. The largest absolute Gasteiger partial charge is 0.454 e. The fourth-order valence-corrected chi connectivity index (χ4v) is 4.64. The number of rotatable bonds is 8. The van der Waals surface area contributed by atoms with E-state index in [0.29, 0.717) is 24.5 Å². The maximum Gasteiger partial charge on any atom is 0.275 e. The molecule has 0 aliphatic carbocycles. The van der Waals surface area contributed by atoms with E-state index in [2.05, 4.69) is 46.4 Å². The van der Waals surface area contributed by atoms with Gasteiger partial charge in [0.15, 0.2) is 11.5 Å². The molecule has 1 N–H and O–H groups in total. The minimum Gasteiger partial charge on any atom is -0.454 e. The highest BCUT2D eigenvalue weighted by Crippen LogP contribution is 2.33. The van der Waals surface area contributed by atoms with Gasteiger partial charge in [0.1, 0.15) is 16.5 Å². The Morgan fingerprint density at radius 2 is 1.69 bits per heavy atom. The Kier molecular flexibility index (Phi) is 6.74. The molecule has 0 unspecified atom stereocenters. The molecule has 1 amide bonds. The second-order valence-electron chi connectivity index (χ2n) is 8.41. The SMILES string of the molecule is Cc1ccc(CN(Cc2ccc3c(c2)OCO3)Cc2nc(C(=O)Nc3ccc(F)cc3)cs2)cc1. The lowest BCUT2D eigenvalue weighted by molar-refractivity contribution is 0.102. The Morgan fingerprint density at radius 1 is 0.971 bits per heavy atom. The van der Waals surface area contributed by atoms with Crippen molar-refractivity contribution in [3.63, 3.8) is 0 Å². The molecule has 4 aromatic rings. The number of amides is 1. The lowest BCUT2D eigenvalue weighted by Gasteiger charge is -2.22. The number of carbonyl (C=O) groups is 1. The Labute approximate surface area is 207 Å². The van der Waals surface area contributed by atoms with Gasteiger partial charge in [0.2, 0.25) is 6.79 Å². The highest BCUT2D eigenvalue weighted by Gasteiger charge is 2.17. The van der Waals surface area contributed by atoms with Crippen molar-refractivity contribution in [1.82, 2.24) is 9.88 Å². The van der Waals surface area contributed by atoms with Crippen LogP contribution in [0.25, 0.3) is 0 Å². The van der Waals surface area contributed by atoms with Gasteiger partial charge >= 0.3 is 0 Å². The Bertz CT molecular complexity index is 1320. The van der Waals surface area contributed by atoms with Crippen LogP contribution in [0, 0.1) is 12.7 Å². The first-order valence-electron chi connectivity index (χ1n) is 11.2. The van der Waals surface area contributed by atoms with Crippen molar-refractivity contribution < 1.29 is 18.7 Å². The van der Waals surface area contributed by atoms with Gasteiger partial charge in [-0.1, -0.05) is 35.9 Å². The van der Waals surface area contributed by atoms with Crippen molar-refractivity contribution in [2.45, 2.75) is 26.6 Å². The lowest BCUT2D eigenvalue weighted by Crippen LogP contribution is -2.22. The molecule has 0 bridgehead atoms. The number of fused-ring (bicyclic) bond motifs is 1. The van der Waals surface area contributed by atoms with Crippen LogP contribution in [0.2, 0.25) is 0 Å². The molecule has 3 aromatic carbocycles. The smallest absolute Gasteiger partial charge is 0.275 e. The van der Waals surface area contributed by atoms with Crippen molar-refractivity contribution in [3.05, 3.63) is 105 Å². The molecule has 0 radical (unpaired) electrons. The third kappa shape index (κ3) is 5.85. The summed E-state index contributed by atoms with van der Waals surface area (Å²) in [6, 6.07) is 20.1. The van der Waals surface area contributed by atoms with Gasteiger partial charge < -0.3 is 14.8 Å². The van der Waals surface area contributed by atoms with Gasteiger partial charge in [0.25, 0.3) is 5.91 Å². The van der Waals surface area contributed by atoms with E-state index in [4.69, 9.17) is 9.47 Å². The second-order valence-corrected chi connectivity index (χ2v) is 9.35. The molecule has 0 atom stereocenters. The predicted octanol–water partition coefficient (Wildman–Crippen LogP) is 5.77. The van der Waals surface area contributed by atoms with Gasteiger partial charge in [-0.3, -0.25) is 9.69 Å². The topological polar surface area (TPSA) is 63.7 Å². The lowest BCUT2D eigenvalue weighted by atomic mass is 10.1. The van der Waals surface area contributed by atoms with Crippen LogP contribution in [0.3, 0.4) is 0 Å². The molecule has 8 heteroatoms. The number of hydrogen-bond acceptors (Lipinski definition) is 6.